The molecule has 0 unspecified atom stereocenters. The third-order valence-corrected chi connectivity index (χ3v) is 4.56. The zero-order valence-corrected chi connectivity index (χ0v) is 12.6. The van der Waals surface area contributed by atoms with Crippen LogP contribution in [0.2, 0.25) is 0 Å². The number of primary amides is 1. The van der Waals surface area contributed by atoms with Crippen molar-refractivity contribution < 1.29 is 14.1 Å². The molecule has 2 aromatic rings. The maximum Gasteiger partial charge on any atom is 0.293 e. The molecular formula is C15H17N5O3. The van der Waals surface area contributed by atoms with Crippen molar-refractivity contribution in [3.63, 3.8) is 0 Å². The van der Waals surface area contributed by atoms with Crippen molar-refractivity contribution in [2.24, 2.45) is 5.73 Å². The number of carbonyl (C=O) groups excluding carboxylic acids is 2. The molecular weight excluding hydrogens is 298 g/mol. The third-order valence-electron chi connectivity index (χ3n) is 4.56. The predicted octanol–water partition coefficient (Wildman–Crippen LogP) is 0.505. The number of hydrogen-bond donors (Lipinski definition) is 1. The molecule has 8 nitrogen and oxygen atoms in total. The van der Waals surface area contributed by atoms with Crippen LogP contribution in [-0.4, -0.2) is 38.0 Å². The molecule has 8 heteroatoms. The van der Waals surface area contributed by atoms with E-state index in [0.29, 0.717) is 36.9 Å². The summed E-state index contributed by atoms with van der Waals surface area (Å²) in [5.41, 5.74) is 7.57. The van der Waals surface area contributed by atoms with Crippen molar-refractivity contribution in [3.8, 4) is 0 Å². The van der Waals surface area contributed by atoms with Gasteiger partial charge in [-0.3, -0.25) is 9.59 Å². The highest BCUT2D eigenvalue weighted by molar-refractivity contribution is 5.93. The number of hydrogen-bond acceptors (Lipinski definition) is 5. The topological polar surface area (TPSA) is 107 Å². The summed E-state index contributed by atoms with van der Waals surface area (Å²) in [6.45, 7) is 1.31. The van der Waals surface area contributed by atoms with Gasteiger partial charge in [0.1, 0.15) is 11.5 Å². The molecule has 4 rings (SSSR count). The first-order chi connectivity index (χ1) is 11.1. The first-order valence-corrected chi connectivity index (χ1v) is 7.76. The maximum atomic E-state index is 12.7. The Labute approximate surface area is 132 Å². The van der Waals surface area contributed by atoms with Crippen LogP contribution in [0.1, 0.15) is 51.0 Å². The average molecular weight is 315 g/mol. The van der Waals surface area contributed by atoms with E-state index in [1.54, 1.807) is 9.47 Å². The Morgan fingerprint density at radius 1 is 1.22 bits per heavy atom. The SMILES string of the molecule is NC(=O)c1cnc2n1CCN(C(=O)c1onc3c1CCCC3)C2. The van der Waals surface area contributed by atoms with E-state index in [1.165, 1.54) is 6.20 Å². The molecule has 0 atom stereocenters. The Morgan fingerprint density at radius 2 is 2.04 bits per heavy atom. The van der Waals surface area contributed by atoms with Crippen LogP contribution >= 0.6 is 0 Å². The van der Waals surface area contributed by atoms with Crippen molar-refractivity contribution in [1.82, 2.24) is 19.6 Å². The summed E-state index contributed by atoms with van der Waals surface area (Å²) in [5, 5.41) is 4.04. The number of amides is 2. The van der Waals surface area contributed by atoms with Gasteiger partial charge in [-0.1, -0.05) is 5.16 Å². The Balaban J connectivity index is 1.59. The quantitative estimate of drug-likeness (QED) is 0.868. The molecule has 0 bridgehead atoms. The van der Waals surface area contributed by atoms with Crippen LogP contribution in [0.4, 0.5) is 0 Å². The van der Waals surface area contributed by atoms with Gasteiger partial charge in [0.2, 0.25) is 5.76 Å². The van der Waals surface area contributed by atoms with Crippen LogP contribution in [0, 0.1) is 0 Å². The van der Waals surface area contributed by atoms with E-state index < -0.39 is 5.91 Å². The molecule has 2 amide bonds. The van der Waals surface area contributed by atoms with E-state index in [2.05, 4.69) is 10.1 Å². The second-order valence-electron chi connectivity index (χ2n) is 5.95. The molecule has 1 aliphatic carbocycles. The van der Waals surface area contributed by atoms with Crippen LogP contribution in [0.15, 0.2) is 10.7 Å². The van der Waals surface area contributed by atoms with Gasteiger partial charge in [-0.15, -0.1) is 0 Å². The molecule has 0 aromatic carbocycles. The van der Waals surface area contributed by atoms with E-state index in [9.17, 15) is 9.59 Å². The minimum absolute atomic E-state index is 0.157. The van der Waals surface area contributed by atoms with Crippen molar-refractivity contribution in [1.29, 1.82) is 0 Å². The molecule has 0 spiro atoms. The van der Waals surface area contributed by atoms with E-state index in [-0.39, 0.29) is 5.91 Å². The Bertz CT molecular complexity index is 791. The Hall–Kier alpha value is -2.64. The first kappa shape index (κ1) is 14.0. The third kappa shape index (κ3) is 2.21. The number of carbonyl (C=O) groups is 2. The van der Waals surface area contributed by atoms with E-state index in [1.807, 2.05) is 0 Å². The molecule has 3 heterocycles. The van der Waals surface area contributed by atoms with E-state index in [0.717, 1.165) is 36.9 Å². The van der Waals surface area contributed by atoms with Gasteiger partial charge in [0.15, 0.2) is 0 Å². The predicted molar refractivity (Wildman–Crippen MR) is 78.6 cm³/mol. The molecule has 120 valence electrons. The lowest BCUT2D eigenvalue weighted by Gasteiger charge is -2.27. The highest BCUT2D eigenvalue weighted by Gasteiger charge is 2.31. The molecule has 0 saturated heterocycles. The fourth-order valence-electron chi connectivity index (χ4n) is 3.33. The normalized spacial score (nSPS) is 16.8. The van der Waals surface area contributed by atoms with Gasteiger partial charge < -0.3 is 19.7 Å². The minimum atomic E-state index is -0.507. The summed E-state index contributed by atoms with van der Waals surface area (Å²) >= 11 is 0. The van der Waals surface area contributed by atoms with Gasteiger partial charge in [-0.25, -0.2) is 4.98 Å². The average Bonchev–Trinajstić information content (AvgIpc) is 3.17. The first-order valence-electron chi connectivity index (χ1n) is 7.76. The van der Waals surface area contributed by atoms with Crippen LogP contribution in [-0.2, 0) is 25.9 Å². The smallest absolute Gasteiger partial charge is 0.293 e. The largest absolute Gasteiger partial charge is 0.364 e. The summed E-state index contributed by atoms with van der Waals surface area (Å²) in [6.07, 6.45) is 5.32. The highest BCUT2D eigenvalue weighted by atomic mass is 16.5. The monoisotopic (exact) mass is 315 g/mol. The van der Waals surface area contributed by atoms with Crippen molar-refractivity contribution in [2.75, 3.05) is 6.54 Å². The summed E-state index contributed by atoms with van der Waals surface area (Å²) in [6, 6.07) is 0. The van der Waals surface area contributed by atoms with Crippen LogP contribution in [0.25, 0.3) is 0 Å². The van der Waals surface area contributed by atoms with E-state index >= 15 is 0 Å². The summed E-state index contributed by atoms with van der Waals surface area (Å²) in [5.74, 6) is 0.352. The number of nitrogens with two attached hydrogens (primary N) is 1. The maximum absolute atomic E-state index is 12.7. The number of nitrogens with zero attached hydrogens (tertiary/aromatic N) is 4. The van der Waals surface area contributed by atoms with Crippen LogP contribution < -0.4 is 5.73 Å². The lowest BCUT2D eigenvalue weighted by Crippen LogP contribution is -2.39. The molecule has 2 aromatic heterocycles. The summed E-state index contributed by atoms with van der Waals surface area (Å²) in [4.78, 5) is 30.0. The fourth-order valence-corrected chi connectivity index (χ4v) is 3.33. The molecule has 2 N–H and O–H groups in total. The lowest BCUT2D eigenvalue weighted by atomic mass is 9.96. The standard InChI is InChI=1S/C15H17N5O3/c16-14(21)11-7-17-12-8-19(5-6-20(11)12)15(22)13-9-3-1-2-4-10(9)18-23-13/h7H,1-6,8H2,(H2,16,21). The highest BCUT2D eigenvalue weighted by Crippen LogP contribution is 2.26. The minimum Gasteiger partial charge on any atom is -0.364 e. The number of aryl methyl sites for hydroxylation is 1. The van der Waals surface area contributed by atoms with E-state index in [4.69, 9.17) is 10.3 Å². The number of rotatable bonds is 2. The van der Waals surface area contributed by atoms with Gasteiger partial charge in [-0.2, -0.15) is 0 Å². The second-order valence-corrected chi connectivity index (χ2v) is 5.95. The van der Waals surface area contributed by atoms with Crippen LogP contribution in [0.5, 0.6) is 0 Å². The molecule has 0 radical (unpaired) electrons. The molecule has 1 aliphatic heterocycles. The van der Waals surface area contributed by atoms with Crippen LogP contribution in [0.3, 0.4) is 0 Å². The second kappa shape index (κ2) is 5.22. The molecule has 0 fully saturated rings. The molecule has 2 aliphatic rings. The van der Waals surface area contributed by atoms with Crippen molar-refractivity contribution in [2.45, 2.75) is 38.8 Å². The van der Waals surface area contributed by atoms with Gasteiger partial charge in [-0.05, 0) is 25.7 Å². The number of fused-ring (bicyclic) bond motifs is 2. The number of aromatic nitrogens is 3. The Kier molecular flexibility index (Phi) is 3.17. The van der Waals surface area contributed by atoms with Gasteiger partial charge in [0.05, 0.1) is 18.4 Å². The van der Waals surface area contributed by atoms with Gasteiger partial charge >= 0.3 is 0 Å². The lowest BCUT2D eigenvalue weighted by molar-refractivity contribution is 0.0662. The zero-order chi connectivity index (χ0) is 16.0. The summed E-state index contributed by atoms with van der Waals surface area (Å²) < 4.78 is 7.09. The number of imidazole rings is 1. The van der Waals surface area contributed by atoms with Crippen molar-refractivity contribution in [3.05, 3.63) is 34.7 Å². The molecule has 0 saturated carbocycles. The fraction of sp³-hybridized carbons (Fsp3) is 0.467. The summed E-state index contributed by atoms with van der Waals surface area (Å²) in [7, 11) is 0. The van der Waals surface area contributed by atoms with Gasteiger partial charge in [0, 0.05) is 18.7 Å². The Morgan fingerprint density at radius 3 is 2.87 bits per heavy atom. The molecule has 23 heavy (non-hydrogen) atoms. The zero-order valence-electron chi connectivity index (χ0n) is 12.6. The van der Waals surface area contributed by atoms with Crippen molar-refractivity contribution >= 4 is 11.8 Å². The van der Waals surface area contributed by atoms with Gasteiger partial charge in [0.25, 0.3) is 11.8 Å².